The van der Waals surface area contributed by atoms with E-state index in [-0.39, 0.29) is 6.61 Å². The van der Waals surface area contributed by atoms with Crippen molar-refractivity contribution < 1.29 is 9.13 Å². The van der Waals surface area contributed by atoms with Crippen molar-refractivity contribution in [1.82, 2.24) is 10.3 Å². The molecule has 1 aromatic carbocycles. The van der Waals surface area contributed by atoms with E-state index in [1.54, 1.807) is 12.1 Å². The Bertz CT molecular complexity index is 679. The number of ether oxygens (including phenoxy) is 1. The molecular weight excluding hydrogens is 314 g/mol. The van der Waals surface area contributed by atoms with Crippen molar-refractivity contribution in [2.45, 2.75) is 19.6 Å². The van der Waals surface area contributed by atoms with Gasteiger partial charge in [-0.25, -0.2) is 9.37 Å². The Labute approximate surface area is 132 Å². The third-order valence-corrected chi connectivity index (χ3v) is 3.86. The third kappa shape index (κ3) is 3.28. The molecule has 0 aliphatic carbocycles. The summed E-state index contributed by atoms with van der Waals surface area (Å²) < 4.78 is 19.3. The lowest BCUT2D eigenvalue weighted by molar-refractivity contribution is 0.286. The maximum absolute atomic E-state index is 13.7. The van der Waals surface area contributed by atoms with Crippen molar-refractivity contribution in [3.63, 3.8) is 0 Å². The molecule has 0 atom stereocenters. The molecule has 0 radical (unpaired) electrons. The molecule has 21 heavy (non-hydrogen) atoms. The molecule has 0 unspecified atom stereocenters. The van der Waals surface area contributed by atoms with E-state index in [1.165, 1.54) is 6.07 Å². The summed E-state index contributed by atoms with van der Waals surface area (Å²) >= 11 is 11.9. The van der Waals surface area contributed by atoms with Crippen LogP contribution in [0, 0.1) is 5.82 Å². The molecular formula is C15H13Cl2FN2O. The summed E-state index contributed by atoms with van der Waals surface area (Å²) in [6, 6.07) is 6.34. The second kappa shape index (κ2) is 6.18. The van der Waals surface area contributed by atoms with Crippen molar-refractivity contribution in [3.05, 3.63) is 56.9 Å². The highest BCUT2D eigenvalue weighted by Gasteiger charge is 2.15. The summed E-state index contributed by atoms with van der Waals surface area (Å²) in [7, 11) is 0. The molecule has 110 valence electrons. The smallest absolute Gasteiger partial charge is 0.233 e. The van der Waals surface area contributed by atoms with E-state index in [0.29, 0.717) is 28.0 Å². The average Bonchev–Trinajstić information content (AvgIpc) is 2.46. The van der Waals surface area contributed by atoms with Crippen LogP contribution in [-0.2, 0) is 19.6 Å². The largest absolute Gasteiger partial charge is 0.472 e. The topological polar surface area (TPSA) is 34.1 Å². The number of halogens is 3. The lowest BCUT2D eigenvalue weighted by atomic mass is 10.1. The van der Waals surface area contributed by atoms with Crippen LogP contribution in [0.1, 0.15) is 16.8 Å². The maximum Gasteiger partial charge on any atom is 0.233 e. The van der Waals surface area contributed by atoms with Gasteiger partial charge in [-0.1, -0.05) is 29.3 Å². The van der Waals surface area contributed by atoms with E-state index in [9.17, 15) is 4.39 Å². The van der Waals surface area contributed by atoms with Crippen LogP contribution >= 0.6 is 23.2 Å². The van der Waals surface area contributed by atoms with Gasteiger partial charge >= 0.3 is 0 Å². The summed E-state index contributed by atoms with van der Waals surface area (Å²) in [5, 5.41) is 4.04. The van der Waals surface area contributed by atoms with Gasteiger partial charge in [-0.2, -0.15) is 0 Å². The Kier molecular flexibility index (Phi) is 4.29. The van der Waals surface area contributed by atoms with Gasteiger partial charge in [0, 0.05) is 17.1 Å². The molecule has 0 bridgehead atoms. The quantitative estimate of drug-likeness (QED) is 0.932. The van der Waals surface area contributed by atoms with E-state index >= 15 is 0 Å². The van der Waals surface area contributed by atoms with E-state index < -0.39 is 5.82 Å². The van der Waals surface area contributed by atoms with Crippen LogP contribution < -0.4 is 10.1 Å². The molecule has 2 heterocycles. The molecule has 6 heteroatoms. The van der Waals surface area contributed by atoms with Crippen LogP contribution in [0.4, 0.5) is 4.39 Å². The molecule has 1 N–H and O–H groups in total. The molecule has 1 aromatic heterocycles. The van der Waals surface area contributed by atoms with Gasteiger partial charge in [-0.15, -0.1) is 0 Å². The first-order chi connectivity index (χ1) is 10.1. The number of hydrogen-bond donors (Lipinski definition) is 1. The van der Waals surface area contributed by atoms with E-state index in [1.807, 2.05) is 6.07 Å². The van der Waals surface area contributed by atoms with Crippen LogP contribution in [-0.4, -0.2) is 11.5 Å². The van der Waals surface area contributed by atoms with Gasteiger partial charge in [0.15, 0.2) is 0 Å². The zero-order valence-corrected chi connectivity index (χ0v) is 12.6. The zero-order chi connectivity index (χ0) is 14.8. The minimum absolute atomic E-state index is 0.0575. The fourth-order valence-electron chi connectivity index (χ4n) is 2.23. The molecule has 1 aliphatic rings. The van der Waals surface area contributed by atoms with Crippen molar-refractivity contribution >= 4 is 23.2 Å². The third-order valence-electron chi connectivity index (χ3n) is 3.36. The highest BCUT2D eigenvalue weighted by Crippen LogP contribution is 2.27. The van der Waals surface area contributed by atoms with E-state index in [4.69, 9.17) is 27.9 Å². The molecule has 0 fully saturated rings. The Hall–Kier alpha value is -1.36. The monoisotopic (exact) mass is 326 g/mol. The normalized spacial score (nSPS) is 13.9. The summed E-state index contributed by atoms with van der Waals surface area (Å²) in [5.74, 6) is -0.0771. The Balaban J connectivity index is 1.78. The first kappa shape index (κ1) is 14.6. The van der Waals surface area contributed by atoms with Gasteiger partial charge in [0.2, 0.25) is 5.88 Å². The van der Waals surface area contributed by atoms with Crippen LogP contribution in [0.25, 0.3) is 0 Å². The number of aromatic nitrogens is 1. The van der Waals surface area contributed by atoms with Gasteiger partial charge < -0.3 is 10.1 Å². The van der Waals surface area contributed by atoms with Gasteiger partial charge in [-0.05, 0) is 36.7 Å². The molecule has 0 saturated heterocycles. The molecule has 2 aromatic rings. The minimum Gasteiger partial charge on any atom is -0.472 e. The number of hydrogen-bond acceptors (Lipinski definition) is 3. The summed E-state index contributed by atoms with van der Waals surface area (Å²) in [6.07, 6.45) is 0.897. The lowest BCUT2D eigenvalue weighted by Crippen LogP contribution is -2.24. The number of benzene rings is 1. The number of nitrogens with zero attached hydrogens (tertiary/aromatic N) is 1. The fraction of sp³-hybridized carbons (Fsp3) is 0.267. The standard InChI is InChI=1S/C15H13Cl2FN2O/c16-11-2-1-10(13(18)6-11)8-21-15-12(17)5-9-3-4-19-7-14(9)20-15/h1-2,5-6,19H,3-4,7-8H2. The van der Waals surface area contributed by atoms with E-state index in [2.05, 4.69) is 10.3 Å². The molecule has 0 spiro atoms. The van der Waals surface area contributed by atoms with Crippen LogP contribution in [0.2, 0.25) is 10.0 Å². The zero-order valence-electron chi connectivity index (χ0n) is 11.1. The van der Waals surface area contributed by atoms with Gasteiger partial charge in [-0.3, -0.25) is 0 Å². The van der Waals surface area contributed by atoms with Gasteiger partial charge in [0.25, 0.3) is 0 Å². The Morgan fingerprint density at radius 3 is 2.95 bits per heavy atom. The second-order valence-corrected chi connectivity index (χ2v) is 5.68. The van der Waals surface area contributed by atoms with Crippen molar-refractivity contribution in [1.29, 1.82) is 0 Å². The van der Waals surface area contributed by atoms with Crippen LogP contribution in [0.15, 0.2) is 24.3 Å². The van der Waals surface area contributed by atoms with Gasteiger partial charge in [0.1, 0.15) is 17.4 Å². The summed E-state index contributed by atoms with van der Waals surface area (Å²) in [5.41, 5.74) is 2.47. The van der Waals surface area contributed by atoms with Crippen molar-refractivity contribution in [2.75, 3.05) is 6.54 Å². The number of nitrogens with one attached hydrogen (secondary N) is 1. The molecule has 1 aliphatic heterocycles. The van der Waals surface area contributed by atoms with Crippen molar-refractivity contribution in [3.8, 4) is 5.88 Å². The van der Waals surface area contributed by atoms with Gasteiger partial charge in [0.05, 0.1) is 5.69 Å². The first-order valence-corrected chi connectivity index (χ1v) is 7.35. The first-order valence-electron chi connectivity index (χ1n) is 6.59. The minimum atomic E-state index is -0.404. The second-order valence-electron chi connectivity index (χ2n) is 4.83. The SMILES string of the molecule is Fc1cc(Cl)ccc1COc1nc2c(cc1Cl)CCNC2. The van der Waals surface area contributed by atoms with Crippen molar-refractivity contribution in [2.24, 2.45) is 0 Å². The fourth-order valence-corrected chi connectivity index (χ4v) is 2.62. The van der Waals surface area contributed by atoms with Crippen LogP contribution in [0.5, 0.6) is 5.88 Å². The highest BCUT2D eigenvalue weighted by atomic mass is 35.5. The number of rotatable bonds is 3. The summed E-state index contributed by atoms with van der Waals surface area (Å²) in [6.45, 7) is 1.67. The average molecular weight is 327 g/mol. The Morgan fingerprint density at radius 1 is 1.29 bits per heavy atom. The molecule has 3 nitrogen and oxygen atoms in total. The predicted molar refractivity (Wildman–Crippen MR) is 80.4 cm³/mol. The molecule has 3 rings (SSSR count). The predicted octanol–water partition coefficient (Wildman–Crippen LogP) is 3.75. The maximum atomic E-state index is 13.7. The molecule has 0 amide bonds. The summed E-state index contributed by atoms with van der Waals surface area (Å²) in [4.78, 5) is 4.41. The Morgan fingerprint density at radius 2 is 2.14 bits per heavy atom. The lowest BCUT2D eigenvalue weighted by Gasteiger charge is -2.18. The number of fused-ring (bicyclic) bond motifs is 1. The number of pyridine rings is 1. The van der Waals surface area contributed by atoms with Crippen LogP contribution in [0.3, 0.4) is 0 Å². The highest BCUT2D eigenvalue weighted by molar-refractivity contribution is 6.32. The molecule has 0 saturated carbocycles. The van der Waals surface area contributed by atoms with E-state index in [0.717, 1.165) is 24.2 Å².